The zero-order valence-corrected chi connectivity index (χ0v) is 14.9. The van der Waals surface area contributed by atoms with Crippen molar-refractivity contribution in [1.82, 2.24) is 35.4 Å². The number of carbonyl (C=O) groups is 1. The van der Waals surface area contributed by atoms with Crippen LogP contribution in [0.1, 0.15) is 12.3 Å². The molecule has 0 spiro atoms. The van der Waals surface area contributed by atoms with E-state index in [4.69, 9.17) is 4.52 Å². The topological polar surface area (TPSA) is 135 Å². The number of benzene rings is 1. The lowest BCUT2D eigenvalue weighted by molar-refractivity contribution is -0.120. The molecule has 28 heavy (non-hydrogen) atoms. The van der Waals surface area contributed by atoms with Crippen molar-refractivity contribution in [2.75, 3.05) is 18.4 Å². The van der Waals surface area contributed by atoms with Gasteiger partial charge in [-0.2, -0.15) is 4.98 Å². The third-order valence-electron chi connectivity index (χ3n) is 4.03. The molecule has 4 rings (SSSR count). The van der Waals surface area contributed by atoms with Gasteiger partial charge in [-0.05, 0) is 0 Å². The minimum atomic E-state index is -0.0785. The fraction of sp³-hybridized carbons (Fsp3) is 0.222. The van der Waals surface area contributed by atoms with E-state index in [1.54, 1.807) is 6.33 Å². The molecule has 142 valence electrons. The van der Waals surface area contributed by atoms with E-state index < -0.39 is 0 Å². The van der Waals surface area contributed by atoms with Crippen LogP contribution in [0.25, 0.3) is 22.6 Å². The highest BCUT2D eigenvalue weighted by Gasteiger charge is 2.09. The van der Waals surface area contributed by atoms with Crippen molar-refractivity contribution in [2.45, 2.75) is 12.8 Å². The van der Waals surface area contributed by atoms with Crippen LogP contribution in [-0.2, 0) is 11.2 Å². The standard InChI is InChI=1S/C18H18N8O2/c27-13(6-8-20-17-15-18(22-10-21-15)24-11-23-17)19-9-7-14-25-16(26-28-14)12-4-2-1-3-5-12/h1-5,10-11H,6-9H2,(H,19,27)(H2,20,21,22,23,24). The molecule has 0 aliphatic carbocycles. The predicted octanol–water partition coefficient (Wildman–Crippen LogP) is 1.56. The number of hydrogen-bond donors (Lipinski definition) is 3. The number of aromatic amines is 1. The number of carbonyl (C=O) groups excluding carboxylic acids is 1. The lowest BCUT2D eigenvalue weighted by atomic mass is 10.2. The summed E-state index contributed by atoms with van der Waals surface area (Å²) in [6.45, 7) is 0.864. The van der Waals surface area contributed by atoms with Crippen LogP contribution in [0.2, 0.25) is 0 Å². The highest BCUT2D eigenvalue weighted by molar-refractivity contribution is 5.82. The molecule has 3 N–H and O–H groups in total. The van der Waals surface area contributed by atoms with E-state index in [2.05, 4.69) is 40.7 Å². The van der Waals surface area contributed by atoms with Crippen molar-refractivity contribution in [3.8, 4) is 11.4 Å². The van der Waals surface area contributed by atoms with Crippen molar-refractivity contribution in [3.63, 3.8) is 0 Å². The van der Waals surface area contributed by atoms with Crippen LogP contribution in [0, 0.1) is 0 Å². The minimum Gasteiger partial charge on any atom is -0.368 e. The molecule has 1 amide bonds. The molecule has 0 radical (unpaired) electrons. The molecule has 0 unspecified atom stereocenters. The maximum Gasteiger partial charge on any atom is 0.228 e. The number of amides is 1. The number of nitrogens with one attached hydrogen (secondary N) is 3. The molecule has 3 aromatic heterocycles. The van der Waals surface area contributed by atoms with E-state index in [-0.39, 0.29) is 5.91 Å². The maximum absolute atomic E-state index is 12.0. The van der Waals surface area contributed by atoms with E-state index >= 15 is 0 Å². The molecule has 0 aliphatic rings. The van der Waals surface area contributed by atoms with Crippen molar-refractivity contribution in [1.29, 1.82) is 0 Å². The lowest BCUT2D eigenvalue weighted by Crippen LogP contribution is -2.27. The van der Waals surface area contributed by atoms with Crippen LogP contribution in [-0.4, -0.2) is 49.1 Å². The van der Waals surface area contributed by atoms with E-state index in [0.717, 1.165) is 5.56 Å². The molecular weight excluding hydrogens is 360 g/mol. The molecule has 10 heteroatoms. The molecule has 0 atom stereocenters. The van der Waals surface area contributed by atoms with E-state index in [1.807, 2.05) is 30.3 Å². The smallest absolute Gasteiger partial charge is 0.228 e. The zero-order chi connectivity index (χ0) is 19.2. The highest BCUT2D eigenvalue weighted by atomic mass is 16.5. The van der Waals surface area contributed by atoms with Gasteiger partial charge in [0.15, 0.2) is 11.5 Å². The summed E-state index contributed by atoms with van der Waals surface area (Å²) in [4.78, 5) is 31.6. The SMILES string of the molecule is O=C(CCNc1ncnc2nc[nH]c12)NCCc1nc(-c2ccccc2)no1. The number of rotatable bonds is 8. The summed E-state index contributed by atoms with van der Waals surface area (Å²) >= 11 is 0. The Morgan fingerprint density at radius 3 is 2.89 bits per heavy atom. The summed E-state index contributed by atoms with van der Waals surface area (Å²) in [5.74, 6) is 1.57. The van der Waals surface area contributed by atoms with Gasteiger partial charge in [0.05, 0.1) is 6.33 Å². The number of hydrogen-bond acceptors (Lipinski definition) is 8. The predicted molar refractivity (Wildman–Crippen MR) is 101 cm³/mol. The number of fused-ring (bicyclic) bond motifs is 1. The summed E-state index contributed by atoms with van der Waals surface area (Å²) in [7, 11) is 0. The molecule has 3 heterocycles. The van der Waals surface area contributed by atoms with E-state index in [0.29, 0.717) is 54.6 Å². The van der Waals surface area contributed by atoms with Gasteiger partial charge >= 0.3 is 0 Å². The molecule has 1 aromatic carbocycles. The molecular formula is C18H18N8O2. The summed E-state index contributed by atoms with van der Waals surface area (Å²) in [6.07, 6.45) is 3.76. The zero-order valence-electron chi connectivity index (χ0n) is 14.9. The van der Waals surface area contributed by atoms with Crippen molar-refractivity contribution in [3.05, 3.63) is 48.9 Å². The fourth-order valence-electron chi connectivity index (χ4n) is 2.65. The molecule has 0 aliphatic heterocycles. The summed E-state index contributed by atoms with van der Waals surface area (Å²) < 4.78 is 5.22. The maximum atomic E-state index is 12.0. The third kappa shape index (κ3) is 4.11. The molecule has 0 saturated carbocycles. The van der Waals surface area contributed by atoms with Gasteiger partial charge in [-0.3, -0.25) is 4.79 Å². The van der Waals surface area contributed by atoms with Gasteiger partial charge in [-0.25, -0.2) is 15.0 Å². The summed E-state index contributed by atoms with van der Waals surface area (Å²) in [5.41, 5.74) is 2.19. The molecule has 4 aromatic rings. The van der Waals surface area contributed by atoms with Gasteiger partial charge < -0.3 is 20.1 Å². The number of nitrogens with zero attached hydrogens (tertiary/aromatic N) is 5. The first-order valence-corrected chi connectivity index (χ1v) is 8.82. The average Bonchev–Trinajstić information content (AvgIpc) is 3.38. The van der Waals surface area contributed by atoms with Gasteiger partial charge in [0.1, 0.15) is 11.8 Å². The molecule has 0 saturated heterocycles. The Hall–Kier alpha value is -3.82. The van der Waals surface area contributed by atoms with Gasteiger partial charge in [-0.1, -0.05) is 35.5 Å². The average molecular weight is 378 g/mol. The Bertz CT molecular complexity index is 1060. The van der Waals surface area contributed by atoms with Gasteiger partial charge in [0, 0.05) is 31.5 Å². The van der Waals surface area contributed by atoms with Crippen LogP contribution in [0.5, 0.6) is 0 Å². The van der Waals surface area contributed by atoms with Crippen LogP contribution < -0.4 is 10.6 Å². The first-order chi connectivity index (χ1) is 13.8. The van der Waals surface area contributed by atoms with Crippen molar-refractivity contribution >= 4 is 22.9 Å². The second-order valence-corrected chi connectivity index (χ2v) is 5.98. The van der Waals surface area contributed by atoms with Crippen LogP contribution in [0.3, 0.4) is 0 Å². The third-order valence-corrected chi connectivity index (χ3v) is 4.03. The number of imidazole rings is 1. The molecule has 0 bridgehead atoms. The van der Waals surface area contributed by atoms with Gasteiger partial charge in [-0.15, -0.1) is 0 Å². The van der Waals surface area contributed by atoms with Crippen LogP contribution >= 0.6 is 0 Å². The second-order valence-electron chi connectivity index (χ2n) is 5.98. The first-order valence-electron chi connectivity index (χ1n) is 8.82. The molecule has 0 fully saturated rings. The minimum absolute atomic E-state index is 0.0785. The van der Waals surface area contributed by atoms with Gasteiger partial charge in [0.2, 0.25) is 17.6 Å². The van der Waals surface area contributed by atoms with Crippen molar-refractivity contribution < 1.29 is 9.32 Å². The molecule has 10 nitrogen and oxygen atoms in total. The number of aromatic nitrogens is 6. The Balaban J connectivity index is 1.20. The Morgan fingerprint density at radius 2 is 2.00 bits per heavy atom. The number of anilines is 1. The summed E-state index contributed by atoms with van der Waals surface area (Å²) in [6, 6.07) is 9.59. The lowest BCUT2D eigenvalue weighted by Gasteiger charge is -2.06. The normalized spacial score (nSPS) is 10.9. The van der Waals surface area contributed by atoms with Crippen LogP contribution in [0.15, 0.2) is 47.5 Å². The van der Waals surface area contributed by atoms with Gasteiger partial charge in [0.25, 0.3) is 0 Å². The Labute approximate surface area is 159 Å². The number of H-pyrrole nitrogens is 1. The Kier molecular flexibility index (Phi) is 5.18. The second kappa shape index (κ2) is 8.25. The van der Waals surface area contributed by atoms with Crippen molar-refractivity contribution in [2.24, 2.45) is 0 Å². The quantitative estimate of drug-likeness (QED) is 0.420. The summed E-state index contributed by atoms with van der Waals surface area (Å²) in [5, 5.41) is 9.91. The fourth-order valence-corrected chi connectivity index (χ4v) is 2.65. The largest absolute Gasteiger partial charge is 0.368 e. The van der Waals surface area contributed by atoms with E-state index in [1.165, 1.54) is 6.33 Å². The Morgan fingerprint density at radius 1 is 1.11 bits per heavy atom. The monoisotopic (exact) mass is 378 g/mol. The first kappa shape index (κ1) is 17.6. The van der Waals surface area contributed by atoms with Crippen LogP contribution in [0.4, 0.5) is 5.82 Å². The highest BCUT2D eigenvalue weighted by Crippen LogP contribution is 2.15. The van der Waals surface area contributed by atoms with E-state index in [9.17, 15) is 4.79 Å².